The van der Waals surface area contributed by atoms with Crippen molar-refractivity contribution in [3.8, 4) is 11.5 Å². The summed E-state index contributed by atoms with van der Waals surface area (Å²) in [4.78, 5) is 94.6. The van der Waals surface area contributed by atoms with Crippen LogP contribution in [0.2, 0.25) is 0 Å². The Morgan fingerprint density at radius 1 is 0.491 bits per heavy atom. The Balaban J connectivity index is 0.000000432. The molecular weight excluding hydrogens is 855 g/mol. The molecule has 0 saturated carbocycles. The highest BCUT2D eigenvalue weighted by atomic mass is 31.2. The second-order valence-corrected chi connectivity index (χ2v) is 20.7. The summed E-state index contributed by atoms with van der Waals surface area (Å²) in [5.41, 5.74) is 1.57. The second kappa shape index (κ2) is 24.7. The first-order chi connectivity index (χ1) is 26.1. The fraction of sp³-hybridized carbons (Fsp3) is 0.419. The third kappa shape index (κ3) is 29.5. The lowest BCUT2D eigenvalue weighted by atomic mass is 10.2. The Bertz CT molecular complexity index is 1770. The molecule has 324 valence electrons. The van der Waals surface area contributed by atoms with Crippen molar-refractivity contribution in [3.05, 3.63) is 90.5 Å². The molecule has 0 aliphatic rings. The predicted octanol–water partition coefficient (Wildman–Crippen LogP) is 2.60. The Labute approximate surface area is 331 Å². The maximum atomic E-state index is 11.0. The van der Waals surface area contributed by atoms with E-state index < -0.39 is 63.1 Å². The first-order valence-electron chi connectivity index (χ1n) is 16.6. The van der Waals surface area contributed by atoms with Crippen molar-refractivity contribution in [2.45, 2.75) is 6.54 Å². The van der Waals surface area contributed by atoms with Crippen molar-refractivity contribution < 1.29 is 81.2 Å². The molecule has 0 unspecified atom stereocenters. The third-order valence-corrected chi connectivity index (χ3v) is 10.9. The summed E-state index contributed by atoms with van der Waals surface area (Å²) in [5.74, 6) is 1.37. The number of rotatable bonds is 21. The molecular formula is C31H53N4O17P5. The average molecular weight is 909 g/mol. The van der Waals surface area contributed by atoms with E-state index in [1.165, 1.54) is 7.11 Å². The van der Waals surface area contributed by atoms with Gasteiger partial charge in [-0.15, -0.1) is 0 Å². The summed E-state index contributed by atoms with van der Waals surface area (Å²) in [6.45, 7) is 1.40. The molecule has 57 heavy (non-hydrogen) atoms. The highest BCUT2D eigenvalue weighted by Gasteiger charge is 2.27. The quantitative estimate of drug-likeness (QED) is 0.0687. The monoisotopic (exact) mass is 908 g/mol. The minimum atomic E-state index is -4.40. The van der Waals surface area contributed by atoms with Crippen LogP contribution in [0.4, 0.5) is 5.69 Å². The summed E-state index contributed by atoms with van der Waals surface area (Å²) in [7, 11) is -16.6. The molecule has 0 aliphatic heterocycles. The summed E-state index contributed by atoms with van der Waals surface area (Å²) in [5, 5.41) is 0. The Morgan fingerprint density at radius 3 is 1.33 bits per heavy atom. The normalized spacial score (nSPS) is 12.4. The Morgan fingerprint density at radius 2 is 0.912 bits per heavy atom. The molecule has 3 aromatic carbocycles. The number of para-hydroxylation sites is 2. The lowest BCUT2D eigenvalue weighted by Crippen LogP contribution is -2.34. The van der Waals surface area contributed by atoms with Crippen LogP contribution in [0, 0.1) is 0 Å². The number of nitrogens with zero attached hydrogens (tertiary/aromatic N) is 4. The van der Waals surface area contributed by atoms with E-state index in [1.807, 2.05) is 65.6 Å². The van der Waals surface area contributed by atoms with Crippen LogP contribution in [-0.4, -0.2) is 143 Å². The first kappa shape index (κ1) is 52.7. The van der Waals surface area contributed by atoms with Crippen LogP contribution < -0.4 is 14.4 Å². The number of likely N-dealkylation sites (N-methyl/N-ethyl adjacent to an activating group) is 2. The Kier molecular flexibility index (Phi) is 22.8. The molecule has 0 aliphatic carbocycles. The zero-order valence-electron chi connectivity index (χ0n) is 31.5. The fourth-order valence-corrected chi connectivity index (χ4v) is 8.74. The van der Waals surface area contributed by atoms with Crippen LogP contribution in [0.15, 0.2) is 84.9 Å². The number of ether oxygens (including phenoxy) is 2. The second-order valence-electron chi connectivity index (χ2n) is 12.6. The maximum Gasteiger partial charge on any atom is 0.339 e. The van der Waals surface area contributed by atoms with E-state index in [0.29, 0.717) is 31.0 Å². The SMILES string of the molecule is CN(CCN(CP(=O)(O)O)CP(=O)(O)O)c1ccccc1.CN(CCOc1ccccc1)CP(=O)(O)O.COc1ccc(CN(CP(=O)(O)O)CP(=O)(O)O)cc1. The van der Waals surface area contributed by atoms with Crippen molar-refractivity contribution in [1.82, 2.24) is 14.7 Å². The van der Waals surface area contributed by atoms with Crippen LogP contribution in [0.1, 0.15) is 5.56 Å². The molecule has 0 amide bonds. The molecule has 21 nitrogen and oxygen atoms in total. The van der Waals surface area contributed by atoms with Gasteiger partial charge < -0.3 is 63.3 Å². The van der Waals surface area contributed by atoms with Gasteiger partial charge in [-0.1, -0.05) is 48.5 Å². The van der Waals surface area contributed by atoms with Crippen molar-refractivity contribution >= 4 is 43.7 Å². The highest BCUT2D eigenvalue weighted by Crippen LogP contribution is 2.42. The molecule has 0 bridgehead atoms. The van der Waals surface area contributed by atoms with Gasteiger partial charge in [0.05, 0.1) is 7.11 Å². The summed E-state index contributed by atoms with van der Waals surface area (Å²) in [6, 6.07) is 25.3. The van der Waals surface area contributed by atoms with Crippen LogP contribution >= 0.6 is 38.0 Å². The molecule has 0 atom stereocenters. The molecule has 3 rings (SSSR count). The third-order valence-electron chi connectivity index (χ3n) is 6.96. The van der Waals surface area contributed by atoms with Gasteiger partial charge in [0.15, 0.2) is 0 Å². The van der Waals surface area contributed by atoms with Crippen LogP contribution in [0.5, 0.6) is 11.5 Å². The van der Waals surface area contributed by atoms with Gasteiger partial charge in [0.25, 0.3) is 0 Å². The van der Waals surface area contributed by atoms with E-state index in [9.17, 15) is 22.8 Å². The van der Waals surface area contributed by atoms with E-state index in [2.05, 4.69) is 0 Å². The van der Waals surface area contributed by atoms with Gasteiger partial charge in [-0.25, -0.2) is 0 Å². The van der Waals surface area contributed by atoms with Crippen LogP contribution in [0.3, 0.4) is 0 Å². The summed E-state index contributed by atoms with van der Waals surface area (Å²) >= 11 is 0. The van der Waals surface area contributed by atoms with Crippen molar-refractivity contribution in [2.75, 3.05) is 83.8 Å². The van der Waals surface area contributed by atoms with Gasteiger partial charge in [-0.05, 0) is 49.0 Å². The fourth-order valence-electron chi connectivity index (χ4n) is 4.69. The van der Waals surface area contributed by atoms with E-state index in [1.54, 1.807) is 43.3 Å². The molecule has 0 heterocycles. The van der Waals surface area contributed by atoms with Gasteiger partial charge >= 0.3 is 38.0 Å². The molecule has 0 radical (unpaired) electrons. The van der Waals surface area contributed by atoms with Gasteiger partial charge in [0, 0.05) is 38.9 Å². The topological polar surface area (TPSA) is 319 Å². The smallest absolute Gasteiger partial charge is 0.339 e. The van der Waals surface area contributed by atoms with Crippen molar-refractivity contribution in [3.63, 3.8) is 0 Å². The van der Waals surface area contributed by atoms with Crippen molar-refractivity contribution in [2.24, 2.45) is 0 Å². The lowest BCUT2D eigenvalue weighted by Gasteiger charge is -2.26. The molecule has 0 saturated heterocycles. The molecule has 0 aromatic heterocycles. The maximum absolute atomic E-state index is 11.0. The number of anilines is 1. The number of methoxy groups -OCH3 is 1. The standard InChI is InChI=1S/C11H20N2O6P2.C10H17NO7P2.C10H16NO4P/c1-12(11-5-3-2-4-6-11)7-8-13(9-20(14,15)16)10-21(17,18)19;1-18-10-4-2-9(3-5-10)6-11(7-19(12,13)14)8-20(15,16)17;1-11(9-16(12,13)14)7-8-15-10-5-3-2-4-6-10/h2-6H,7-10H2,1H3,(H2,14,15,16)(H2,17,18,19);2-5H,6-8H2,1H3,(H2,12,13,14)(H2,15,16,17);2-6H,7-9H2,1H3,(H2,12,13,14). The molecule has 10 N–H and O–H groups in total. The molecule has 26 heteroatoms. The summed E-state index contributed by atoms with van der Waals surface area (Å²) < 4.78 is 65.1. The van der Waals surface area contributed by atoms with E-state index in [4.69, 9.17) is 58.4 Å². The number of hydrogen-bond acceptors (Lipinski definition) is 11. The predicted molar refractivity (Wildman–Crippen MR) is 214 cm³/mol. The molecule has 3 aromatic rings. The van der Waals surface area contributed by atoms with Gasteiger partial charge in [0.1, 0.15) is 49.5 Å². The van der Waals surface area contributed by atoms with Gasteiger partial charge in [-0.3, -0.25) is 37.5 Å². The van der Waals surface area contributed by atoms with E-state index in [-0.39, 0.29) is 19.4 Å². The zero-order chi connectivity index (χ0) is 43.5. The van der Waals surface area contributed by atoms with Crippen molar-refractivity contribution in [1.29, 1.82) is 0 Å². The first-order valence-corrected chi connectivity index (χ1v) is 25.5. The molecule has 0 spiro atoms. The minimum Gasteiger partial charge on any atom is -0.497 e. The van der Waals surface area contributed by atoms with Crippen LogP contribution in [-0.2, 0) is 29.4 Å². The average Bonchev–Trinajstić information content (AvgIpc) is 3.05. The molecule has 0 fully saturated rings. The minimum absolute atomic E-state index is 0.0141. The van der Waals surface area contributed by atoms with E-state index in [0.717, 1.165) is 21.2 Å². The number of hydrogen-bond donors (Lipinski definition) is 10. The highest BCUT2D eigenvalue weighted by molar-refractivity contribution is 7.53. The van der Waals surface area contributed by atoms with Crippen LogP contribution in [0.25, 0.3) is 0 Å². The lowest BCUT2D eigenvalue weighted by molar-refractivity contribution is 0.242. The Hall–Kier alpha value is -2.31. The van der Waals surface area contributed by atoms with Gasteiger partial charge in [0.2, 0.25) is 0 Å². The van der Waals surface area contributed by atoms with E-state index >= 15 is 0 Å². The van der Waals surface area contributed by atoms with Gasteiger partial charge in [-0.2, -0.15) is 0 Å². The number of benzene rings is 3. The largest absolute Gasteiger partial charge is 0.497 e. The summed E-state index contributed by atoms with van der Waals surface area (Å²) in [6.07, 6.45) is -3.04. The zero-order valence-corrected chi connectivity index (χ0v) is 36.0.